The number of para-hydroxylation sites is 1. The molecular weight excluding hydrogens is 366 g/mol. The quantitative estimate of drug-likeness (QED) is 0.811. The van der Waals surface area contributed by atoms with Gasteiger partial charge in [-0.3, -0.25) is 4.79 Å². The standard InChI is InChI=1S/C22H29N5O2/c28-21(25-20-13-14-23-27(20)19-11-5-2-6-12-19)17-8-7-15-26(16-17)22(29)24-18-9-3-1-4-10-18/h1,3-4,9-10,13-14,17,19H,2,5-8,11-12,15-16H2,(H,24,29)(H,25,28). The fourth-order valence-corrected chi connectivity index (χ4v) is 4.36. The van der Waals surface area contributed by atoms with E-state index in [2.05, 4.69) is 15.7 Å². The molecule has 0 spiro atoms. The molecule has 1 saturated heterocycles. The zero-order chi connectivity index (χ0) is 20.1. The maximum absolute atomic E-state index is 12.9. The van der Waals surface area contributed by atoms with E-state index in [1.165, 1.54) is 19.3 Å². The van der Waals surface area contributed by atoms with Crippen molar-refractivity contribution in [3.63, 3.8) is 0 Å². The molecule has 1 atom stereocenters. The van der Waals surface area contributed by atoms with Crippen LogP contribution in [0.4, 0.5) is 16.3 Å². The van der Waals surface area contributed by atoms with E-state index in [1.54, 1.807) is 11.1 Å². The Labute approximate surface area is 171 Å². The van der Waals surface area contributed by atoms with E-state index >= 15 is 0 Å². The number of hydrogen-bond acceptors (Lipinski definition) is 3. The summed E-state index contributed by atoms with van der Waals surface area (Å²) in [6.07, 6.45) is 9.30. The van der Waals surface area contributed by atoms with Crippen molar-refractivity contribution in [1.29, 1.82) is 0 Å². The Bertz CT molecular complexity index is 829. The van der Waals surface area contributed by atoms with Gasteiger partial charge in [0.25, 0.3) is 0 Å². The maximum atomic E-state index is 12.9. The highest BCUT2D eigenvalue weighted by Gasteiger charge is 2.29. The normalized spacial score (nSPS) is 20.3. The molecule has 7 heteroatoms. The first-order chi connectivity index (χ1) is 14.2. The van der Waals surface area contributed by atoms with Crippen molar-refractivity contribution >= 4 is 23.4 Å². The van der Waals surface area contributed by atoms with E-state index in [4.69, 9.17) is 0 Å². The average Bonchev–Trinajstić information content (AvgIpc) is 3.23. The number of likely N-dealkylation sites (tertiary alicyclic amines) is 1. The van der Waals surface area contributed by atoms with Gasteiger partial charge in [-0.1, -0.05) is 37.5 Å². The molecule has 1 saturated carbocycles. The summed E-state index contributed by atoms with van der Waals surface area (Å²) in [5.74, 6) is 0.535. The van der Waals surface area contributed by atoms with Gasteiger partial charge in [-0.2, -0.15) is 5.10 Å². The third kappa shape index (κ3) is 4.78. The molecule has 4 rings (SSSR count). The highest BCUT2D eigenvalue weighted by molar-refractivity contribution is 5.93. The lowest BCUT2D eigenvalue weighted by Crippen LogP contribution is -2.45. The molecule has 2 aliphatic rings. The van der Waals surface area contributed by atoms with Gasteiger partial charge in [-0.25, -0.2) is 9.48 Å². The summed E-state index contributed by atoms with van der Waals surface area (Å²) in [5, 5.41) is 10.4. The lowest BCUT2D eigenvalue weighted by Gasteiger charge is -2.32. The van der Waals surface area contributed by atoms with Crippen molar-refractivity contribution in [2.45, 2.75) is 51.0 Å². The van der Waals surface area contributed by atoms with Crippen molar-refractivity contribution in [2.75, 3.05) is 23.7 Å². The predicted octanol–water partition coefficient (Wildman–Crippen LogP) is 4.27. The predicted molar refractivity (Wildman–Crippen MR) is 113 cm³/mol. The molecule has 1 unspecified atom stereocenters. The van der Waals surface area contributed by atoms with E-state index in [0.717, 1.165) is 37.2 Å². The Kier molecular flexibility index (Phi) is 6.12. The van der Waals surface area contributed by atoms with E-state index in [-0.39, 0.29) is 17.9 Å². The van der Waals surface area contributed by atoms with Gasteiger partial charge in [0.15, 0.2) is 0 Å². The molecule has 0 bridgehead atoms. The number of piperidine rings is 1. The highest BCUT2D eigenvalue weighted by Crippen LogP contribution is 2.30. The van der Waals surface area contributed by atoms with Crippen LogP contribution in [0.5, 0.6) is 0 Å². The second kappa shape index (κ2) is 9.11. The van der Waals surface area contributed by atoms with Crippen LogP contribution in [0.3, 0.4) is 0 Å². The van der Waals surface area contributed by atoms with Gasteiger partial charge in [0.2, 0.25) is 5.91 Å². The Balaban J connectivity index is 1.35. The minimum absolute atomic E-state index is 0.0280. The number of carbonyl (C=O) groups is 2. The number of urea groups is 1. The summed E-state index contributed by atoms with van der Waals surface area (Å²) >= 11 is 0. The number of carbonyl (C=O) groups excluding carboxylic acids is 2. The number of nitrogens with zero attached hydrogens (tertiary/aromatic N) is 3. The van der Waals surface area contributed by atoms with Gasteiger partial charge >= 0.3 is 6.03 Å². The van der Waals surface area contributed by atoms with Crippen molar-refractivity contribution in [3.8, 4) is 0 Å². The summed E-state index contributed by atoms with van der Waals surface area (Å²) in [4.78, 5) is 27.2. The number of rotatable bonds is 4. The fourth-order valence-electron chi connectivity index (χ4n) is 4.36. The molecule has 29 heavy (non-hydrogen) atoms. The summed E-state index contributed by atoms with van der Waals surface area (Å²) < 4.78 is 1.97. The van der Waals surface area contributed by atoms with Crippen molar-refractivity contribution in [2.24, 2.45) is 5.92 Å². The minimum Gasteiger partial charge on any atom is -0.324 e. The molecule has 154 valence electrons. The highest BCUT2D eigenvalue weighted by atomic mass is 16.2. The zero-order valence-electron chi connectivity index (χ0n) is 16.7. The third-order valence-corrected chi connectivity index (χ3v) is 5.95. The molecule has 2 aromatic rings. The molecule has 1 aromatic heterocycles. The Morgan fingerprint density at radius 3 is 2.52 bits per heavy atom. The van der Waals surface area contributed by atoms with Gasteiger partial charge in [-0.15, -0.1) is 0 Å². The second-order valence-electron chi connectivity index (χ2n) is 8.02. The lowest BCUT2D eigenvalue weighted by atomic mass is 9.95. The van der Waals surface area contributed by atoms with Crippen LogP contribution in [0.15, 0.2) is 42.6 Å². The maximum Gasteiger partial charge on any atom is 0.321 e. The van der Waals surface area contributed by atoms with Gasteiger partial charge in [0, 0.05) is 24.8 Å². The first kappa shape index (κ1) is 19.5. The van der Waals surface area contributed by atoms with Crippen molar-refractivity contribution in [3.05, 3.63) is 42.6 Å². The van der Waals surface area contributed by atoms with Crippen LogP contribution in [0.1, 0.15) is 51.0 Å². The van der Waals surface area contributed by atoms with E-state index < -0.39 is 0 Å². The summed E-state index contributed by atoms with van der Waals surface area (Å²) in [5.41, 5.74) is 0.764. The Hall–Kier alpha value is -2.83. The number of nitrogens with one attached hydrogen (secondary N) is 2. The van der Waals surface area contributed by atoms with Crippen LogP contribution >= 0.6 is 0 Å². The first-order valence-electron chi connectivity index (χ1n) is 10.7. The van der Waals surface area contributed by atoms with Crippen molar-refractivity contribution in [1.82, 2.24) is 14.7 Å². The smallest absolute Gasteiger partial charge is 0.321 e. The average molecular weight is 396 g/mol. The Morgan fingerprint density at radius 2 is 1.72 bits per heavy atom. The van der Waals surface area contributed by atoms with Crippen LogP contribution in [0.25, 0.3) is 0 Å². The van der Waals surface area contributed by atoms with E-state index in [1.807, 2.05) is 41.1 Å². The number of amides is 3. The van der Waals surface area contributed by atoms with Crippen LogP contribution in [0, 0.1) is 5.92 Å². The summed E-state index contributed by atoms with van der Waals surface area (Å²) in [7, 11) is 0. The fraction of sp³-hybridized carbons (Fsp3) is 0.500. The topological polar surface area (TPSA) is 79.3 Å². The van der Waals surface area contributed by atoms with Gasteiger partial charge in [0.05, 0.1) is 18.2 Å². The van der Waals surface area contributed by atoms with Gasteiger partial charge < -0.3 is 15.5 Å². The molecule has 1 aliphatic carbocycles. The van der Waals surface area contributed by atoms with Crippen LogP contribution < -0.4 is 10.6 Å². The van der Waals surface area contributed by atoms with E-state index in [9.17, 15) is 9.59 Å². The lowest BCUT2D eigenvalue weighted by molar-refractivity contribution is -0.121. The molecule has 2 heterocycles. The summed E-state index contributed by atoms with van der Waals surface area (Å²) in [6.45, 7) is 1.10. The Morgan fingerprint density at radius 1 is 0.931 bits per heavy atom. The molecule has 7 nitrogen and oxygen atoms in total. The molecule has 1 aromatic carbocycles. The van der Waals surface area contributed by atoms with Gasteiger partial charge in [-0.05, 0) is 37.8 Å². The third-order valence-electron chi connectivity index (χ3n) is 5.95. The number of anilines is 2. The molecule has 0 radical (unpaired) electrons. The summed E-state index contributed by atoms with van der Waals surface area (Å²) in [6, 6.07) is 11.5. The zero-order valence-corrected chi connectivity index (χ0v) is 16.7. The second-order valence-corrected chi connectivity index (χ2v) is 8.02. The van der Waals surface area contributed by atoms with Crippen molar-refractivity contribution < 1.29 is 9.59 Å². The number of aromatic nitrogens is 2. The van der Waals surface area contributed by atoms with E-state index in [0.29, 0.717) is 19.1 Å². The molecule has 2 N–H and O–H groups in total. The van der Waals surface area contributed by atoms with Gasteiger partial charge in [0.1, 0.15) is 5.82 Å². The SMILES string of the molecule is O=C(Nc1ccnn1C1CCCCC1)C1CCCN(C(=O)Nc2ccccc2)C1. The van der Waals surface area contributed by atoms with Crippen LogP contribution in [0.2, 0.25) is 0 Å². The van der Waals surface area contributed by atoms with Crippen LogP contribution in [-0.4, -0.2) is 39.7 Å². The molecular formula is C22H29N5O2. The molecule has 3 amide bonds. The van der Waals surface area contributed by atoms with Crippen LogP contribution in [-0.2, 0) is 4.79 Å². The number of hydrogen-bond donors (Lipinski definition) is 2. The largest absolute Gasteiger partial charge is 0.324 e. The number of benzene rings is 1. The monoisotopic (exact) mass is 395 g/mol. The first-order valence-corrected chi connectivity index (χ1v) is 10.7. The molecule has 1 aliphatic heterocycles. The molecule has 2 fully saturated rings. The minimum atomic E-state index is -0.208.